The van der Waals surface area contributed by atoms with E-state index in [1.165, 1.54) is 5.52 Å². The van der Waals surface area contributed by atoms with Crippen LogP contribution in [0, 0.1) is 5.92 Å². The zero-order valence-corrected chi connectivity index (χ0v) is 13.9. The minimum absolute atomic E-state index is 0.570. The third-order valence-electron chi connectivity index (χ3n) is 3.77. The second-order valence-electron chi connectivity index (χ2n) is 6.07. The number of hydrogen-bond acceptors (Lipinski definition) is 2. The first kappa shape index (κ1) is 15.3. The summed E-state index contributed by atoms with van der Waals surface area (Å²) in [6.45, 7) is 5.42. The van der Waals surface area contributed by atoms with Gasteiger partial charge in [0.15, 0.2) is 0 Å². The number of benzene rings is 2. The standard InChI is InChI=1S/C20H22N2O/c1-15(2)14-22-19-7-5-4-6-18(19)21-20(22)13-10-16-8-11-17(23-3)12-9-16/h4-13,15H,14H2,1-3H3. The van der Waals surface area contributed by atoms with Gasteiger partial charge in [0.2, 0.25) is 0 Å². The maximum absolute atomic E-state index is 5.19. The van der Waals surface area contributed by atoms with Gasteiger partial charge in [0.1, 0.15) is 11.6 Å². The van der Waals surface area contributed by atoms with E-state index in [9.17, 15) is 0 Å². The third-order valence-corrected chi connectivity index (χ3v) is 3.77. The van der Waals surface area contributed by atoms with Crippen molar-refractivity contribution in [2.45, 2.75) is 20.4 Å². The highest BCUT2D eigenvalue weighted by Crippen LogP contribution is 2.20. The van der Waals surface area contributed by atoms with E-state index in [1.807, 2.05) is 30.3 Å². The van der Waals surface area contributed by atoms with Crippen LogP contribution in [-0.2, 0) is 6.54 Å². The second kappa shape index (κ2) is 6.69. The molecule has 0 aliphatic carbocycles. The molecule has 2 aromatic carbocycles. The lowest BCUT2D eigenvalue weighted by Gasteiger charge is -2.09. The predicted octanol–water partition coefficient (Wildman–Crippen LogP) is 4.87. The molecule has 0 radical (unpaired) electrons. The minimum atomic E-state index is 0.570. The molecule has 3 heteroatoms. The van der Waals surface area contributed by atoms with E-state index in [2.05, 4.69) is 48.8 Å². The fourth-order valence-corrected chi connectivity index (χ4v) is 2.66. The predicted molar refractivity (Wildman–Crippen MR) is 96.5 cm³/mol. The molecule has 3 aromatic rings. The van der Waals surface area contributed by atoms with Gasteiger partial charge in [0, 0.05) is 6.54 Å². The first-order valence-corrected chi connectivity index (χ1v) is 7.95. The summed E-state index contributed by atoms with van der Waals surface area (Å²) < 4.78 is 7.49. The van der Waals surface area contributed by atoms with Gasteiger partial charge >= 0.3 is 0 Å². The second-order valence-corrected chi connectivity index (χ2v) is 6.07. The van der Waals surface area contributed by atoms with Gasteiger partial charge in [-0.3, -0.25) is 0 Å². The Labute approximate surface area is 137 Å². The van der Waals surface area contributed by atoms with Gasteiger partial charge in [-0.2, -0.15) is 0 Å². The van der Waals surface area contributed by atoms with E-state index >= 15 is 0 Å². The summed E-state index contributed by atoms with van der Waals surface area (Å²) in [5.41, 5.74) is 3.37. The van der Waals surface area contributed by atoms with E-state index in [0.717, 1.165) is 29.2 Å². The van der Waals surface area contributed by atoms with Crippen molar-refractivity contribution in [2.24, 2.45) is 5.92 Å². The van der Waals surface area contributed by atoms with Crippen molar-refractivity contribution in [1.82, 2.24) is 9.55 Å². The maximum atomic E-state index is 5.19. The highest BCUT2D eigenvalue weighted by molar-refractivity contribution is 5.79. The number of hydrogen-bond donors (Lipinski definition) is 0. The van der Waals surface area contributed by atoms with E-state index in [-0.39, 0.29) is 0 Å². The van der Waals surface area contributed by atoms with Crippen LogP contribution in [-0.4, -0.2) is 16.7 Å². The molecule has 0 unspecified atom stereocenters. The molecule has 0 aliphatic heterocycles. The van der Waals surface area contributed by atoms with Gasteiger partial charge < -0.3 is 9.30 Å². The average molecular weight is 306 g/mol. The molecule has 0 aliphatic rings. The number of rotatable bonds is 5. The highest BCUT2D eigenvalue weighted by Gasteiger charge is 2.09. The minimum Gasteiger partial charge on any atom is -0.497 e. The molecule has 3 nitrogen and oxygen atoms in total. The van der Waals surface area contributed by atoms with Crippen LogP contribution in [0.15, 0.2) is 48.5 Å². The Morgan fingerprint density at radius 3 is 2.48 bits per heavy atom. The molecule has 1 heterocycles. The fraction of sp³-hybridized carbons (Fsp3) is 0.250. The SMILES string of the molecule is COc1ccc(C=Cc2nc3ccccc3n2CC(C)C)cc1. The summed E-state index contributed by atoms with van der Waals surface area (Å²) in [4.78, 5) is 4.77. The zero-order valence-electron chi connectivity index (χ0n) is 13.9. The van der Waals surface area contributed by atoms with Gasteiger partial charge in [0.25, 0.3) is 0 Å². The zero-order chi connectivity index (χ0) is 16.2. The molecule has 0 fully saturated rings. The number of nitrogens with zero attached hydrogens (tertiary/aromatic N) is 2. The van der Waals surface area contributed by atoms with Crippen LogP contribution in [0.4, 0.5) is 0 Å². The van der Waals surface area contributed by atoms with Crippen LogP contribution in [0.25, 0.3) is 23.2 Å². The first-order chi connectivity index (χ1) is 11.2. The summed E-state index contributed by atoms with van der Waals surface area (Å²) in [6.07, 6.45) is 4.18. The van der Waals surface area contributed by atoms with E-state index in [0.29, 0.717) is 5.92 Å². The molecular formula is C20H22N2O. The van der Waals surface area contributed by atoms with E-state index in [1.54, 1.807) is 7.11 Å². The van der Waals surface area contributed by atoms with Crippen molar-refractivity contribution >= 4 is 23.2 Å². The Morgan fingerprint density at radius 1 is 1.04 bits per heavy atom. The van der Waals surface area contributed by atoms with Crippen molar-refractivity contribution in [3.05, 3.63) is 59.9 Å². The van der Waals surface area contributed by atoms with Gasteiger partial charge in [-0.15, -0.1) is 0 Å². The van der Waals surface area contributed by atoms with Gasteiger partial charge in [-0.1, -0.05) is 44.2 Å². The quantitative estimate of drug-likeness (QED) is 0.672. The van der Waals surface area contributed by atoms with Crippen molar-refractivity contribution in [2.75, 3.05) is 7.11 Å². The largest absolute Gasteiger partial charge is 0.497 e. The topological polar surface area (TPSA) is 27.1 Å². The smallest absolute Gasteiger partial charge is 0.133 e. The summed E-state index contributed by atoms with van der Waals surface area (Å²) >= 11 is 0. The summed E-state index contributed by atoms with van der Waals surface area (Å²) in [7, 11) is 1.68. The Kier molecular flexibility index (Phi) is 4.47. The fourth-order valence-electron chi connectivity index (χ4n) is 2.66. The van der Waals surface area contributed by atoms with Crippen LogP contribution in [0.5, 0.6) is 5.75 Å². The van der Waals surface area contributed by atoms with Crippen molar-refractivity contribution in [1.29, 1.82) is 0 Å². The van der Waals surface area contributed by atoms with Crippen LogP contribution in [0.3, 0.4) is 0 Å². The van der Waals surface area contributed by atoms with Gasteiger partial charge in [0.05, 0.1) is 18.1 Å². The number of para-hydroxylation sites is 2. The maximum Gasteiger partial charge on any atom is 0.133 e. The highest BCUT2D eigenvalue weighted by atomic mass is 16.5. The summed E-state index contributed by atoms with van der Waals surface area (Å²) in [6, 6.07) is 16.3. The van der Waals surface area contributed by atoms with Gasteiger partial charge in [-0.25, -0.2) is 4.98 Å². The molecule has 0 amide bonds. The van der Waals surface area contributed by atoms with Crippen molar-refractivity contribution in [3.63, 3.8) is 0 Å². The summed E-state index contributed by atoms with van der Waals surface area (Å²) in [5, 5.41) is 0. The number of aromatic nitrogens is 2. The van der Waals surface area contributed by atoms with E-state index in [4.69, 9.17) is 9.72 Å². The molecular weight excluding hydrogens is 284 g/mol. The monoisotopic (exact) mass is 306 g/mol. The summed E-state index contributed by atoms with van der Waals surface area (Å²) in [5.74, 6) is 2.44. The molecule has 0 saturated heterocycles. The number of ether oxygens (including phenoxy) is 1. The Morgan fingerprint density at radius 2 is 1.78 bits per heavy atom. The normalized spacial score (nSPS) is 11.7. The lowest BCUT2D eigenvalue weighted by molar-refractivity contribution is 0.415. The number of imidazole rings is 1. The Balaban J connectivity index is 1.95. The molecule has 1 aromatic heterocycles. The Hall–Kier alpha value is -2.55. The molecule has 0 N–H and O–H groups in total. The van der Waals surface area contributed by atoms with Crippen molar-refractivity contribution in [3.8, 4) is 5.75 Å². The number of fused-ring (bicyclic) bond motifs is 1. The Bertz CT molecular complexity index is 813. The lowest BCUT2D eigenvalue weighted by atomic mass is 10.2. The first-order valence-electron chi connectivity index (χ1n) is 7.95. The van der Waals surface area contributed by atoms with Gasteiger partial charge in [-0.05, 0) is 41.8 Å². The molecule has 118 valence electrons. The number of methoxy groups -OCH3 is 1. The van der Waals surface area contributed by atoms with E-state index < -0.39 is 0 Å². The van der Waals surface area contributed by atoms with Crippen molar-refractivity contribution < 1.29 is 4.74 Å². The molecule has 0 bridgehead atoms. The molecule has 0 spiro atoms. The lowest BCUT2D eigenvalue weighted by Crippen LogP contribution is -2.06. The molecule has 23 heavy (non-hydrogen) atoms. The van der Waals surface area contributed by atoms with Crippen LogP contribution >= 0.6 is 0 Å². The van der Waals surface area contributed by atoms with Crippen LogP contribution < -0.4 is 4.74 Å². The third kappa shape index (κ3) is 3.45. The van der Waals surface area contributed by atoms with Crippen LogP contribution in [0.1, 0.15) is 25.2 Å². The van der Waals surface area contributed by atoms with Crippen LogP contribution in [0.2, 0.25) is 0 Å². The molecule has 3 rings (SSSR count). The molecule has 0 saturated carbocycles. The average Bonchev–Trinajstić information content (AvgIpc) is 2.91. The molecule has 0 atom stereocenters.